The Morgan fingerprint density at radius 2 is 1.74 bits per heavy atom. The third kappa shape index (κ3) is 5.23. The molecule has 0 unspecified atom stereocenters. The zero-order valence-corrected chi connectivity index (χ0v) is 17.0. The van der Waals surface area contributed by atoms with Crippen LogP contribution in [0.25, 0.3) is 0 Å². The van der Waals surface area contributed by atoms with Gasteiger partial charge >= 0.3 is 10.1 Å². The lowest BCUT2D eigenvalue weighted by Gasteiger charge is -2.23. The summed E-state index contributed by atoms with van der Waals surface area (Å²) in [6.45, 7) is 9.64. The molecular formula is C20H25NO5S. The summed E-state index contributed by atoms with van der Waals surface area (Å²) in [5.74, 6) is 0.376. The zero-order valence-electron chi connectivity index (χ0n) is 16.2. The molecule has 0 fully saturated rings. The molecule has 0 aliphatic heterocycles. The van der Waals surface area contributed by atoms with Crippen LogP contribution in [0.5, 0.6) is 11.5 Å². The van der Waals surface area contributed by atoms with Crippen LogP contribution < -0.4 is 14.2 Å². The Morgan fingerprint density at radius 1 is 1.07 bits per heavy atom. The predicted molar refractivity (Wildman–Crippen MR) is 105 cm³/mol. The maximum Gasteiger partial charge on any atom is 0.339 e. The Kier molecular flexibility index (Phi) is 6.15. The van der Waals surface area contributed by atoms with Crippen molar-refractivity contribution in [3.8, 4) is 11.5 Å². The topological polar surface area (TPSA) is 81.7 Å². The van der Waals surface area contributed by atoms with E-state index in [9.17, 15) is 13.2 Å². The van der Waals surface area contributed by atoms with E-state index in [1.807, 2.05) is 27.7 Å². The van der Waals surface area contributed by atoms with Crippen molar-refractivity contribution in [2.24, 2.45) is 0 Å². The molecule has 0 radical (unpaired) electrons. The SMILES string of the molecule is CCOc1ccc(S(=O)(=O)Oc2ccccc2NC(C)=O)cc1C(C)(C)C. The molecule has 146 valence electrons. The van der Waals surface area contributed by atoms with Gasteiger partial charge in [0.25, 0.3) is 0 Å². The Balaban J connectivity index is 2.45. The van der Waals surface area contributed by atoms with Gasteiger partial charge in [-0.3, -0.25) is 4.79 Å². The van der Waals surface area contributed by atoms with Crippen molar-refractivity contribution in [3.63, 3.8) is 0 Å². The molecule has 7 heteroatoms. The summed E-state index contributed by atoms with van der Waals surface area (Å²) in [6, 6.07) is 11.0. The minimum atomic E-state index is -4.09. The molecule has 0 spiro atoms. The number of nitrogens with one attached hydrogen (secondary N) is 1. The highest BCUT2D eigenvalue weighted by atomic mass is 32.2. The maximum atomic E-state index is 12.8. The summed E-state index contributed by atoms with van der Waals surface area (Å²) in [7, 11) is -4.09. The van der Waals surface area contributed by atoms with E-state index < -0.39 is 10.1 Å². The lowest BCUT2D eigenvalue weighted by Crippen LogP contribution is -2.17. The van der Waals surface area contributed by atoms with Gasteiger partial charge in [0.2, 0.25) is 5.91 Å². The molecule has 27 heavy (non-hydrogen) atoms. The van der Waals surface area contributed by atoms with Crippen molar-refractivity contribution in [1.29, 1.82) is 0 Å². The number of carbonyl (C=O) groups is 1. The van der Waals surface area contributed by atoms with Gasteiger partial charge in [0.1, 0.15) is 10.6 Å². The Hall–Kier alpha value is -2.54. The molecular weight excluding hydrogens is 366 g/mol. The first-order valence-corrected chi connectivity index (χ1v) is 10.0. The summed E-state index contributed by atoms with van der Waals surface area (Å²) >= 11 is 0. The highest BCUT2D eigenvalue weighted by molar-refractivity contribution is 7.87. The number of carbonyl (C=O) groups excluding carboxylic acids is 1. The fourth-order valence-corrected chi connectivity index (χ4v) is 3.51. The second-order valence-electron chi connectivity index (χ2n) is 7.06. The van der Waals surface area contributed by atoms with Gasteiger partial charge in [-0.1, -0.05) is 32.9 Å². The average molecular weight is 391 g/mol. The summed E-state index contributed by atoms with van der Waals surface area (Å²) in [5, 5.41) is 2.56. The Labute approximate surface area is 160 Å². The standard InChI is InChI=1S/C20H25NO5S/c1-6-25-18-12-11-15(13-16(18)20(3,4)5)27(23,24)26-19-10-8-7-9-17(19)21-14(2)22/h7-13H,6H2,1-5H3,(H,21,22). The molecule has 0 aliphatic rings. The molecule has 0 heterocycles. The third-order valence-corrected chi connectivity index (χ3v) is 4.98. The number of hydrogen-bond donors (Lipinski definition) is 1. The molecule has 2 aromatic carbocycles. The fraction of sp³-hybridized carbons (Fsp3) is 0.350. The number of benzene rings is 2. The molecule has 0 saturated carbocycles. The lowest BCUT2D eigenvalue weighted by molar-refractivity contribution is -0.114. The van der Waals surface area contributed by atoms with Crippen molar-refractivity contribution >= 4 is 21.7 Å². The fourth-order valence-electron chi connectivity index (χ4n) is 2.53. The molecule has 2 aromatic rings. The average Bonchev–Trinajstić information content (AvgIpc) is 2.55. The van der Waals surface area contributed by atoms with Crippen molar-refractivity contribution in [3.05, 3.63) is 48.0 Å². The Bertz CT molecular complexity index is 930. The van der Waals surface area contributed by atoms with Crippen LogP contribution >= 0.6 is 0 Å². The summed E-state index contributed by atoms with van der Waals surface area (Å²) < 4.78 is 36.6. The first-order valence-electron chi connectivity index (χ1n) is 8.63. The second kappa shape index (κ2) is 8.00. The van der Waals surface area contributed by atoms with Gasteiger partial charge in [0, 0.05) is 12.5 Å². The van der Waals surface area contributed by atoms with E-state index in [2.05, 4.69) is 5.32 Å². The van der Waals surface area contributed by atoms with E-state index in [1.165, 1.54) is 19.1 Å². The van der Waals surface area contributed by atoms with Crippen LogP contribution in [0, 0.1) is 0 Å². The van der Waals surface area contributed by atoms with E-state index in [4.69, 9.17) is 8.92 Å². The highest BCUT2D eigenvalue weighted by Gasteiger charge is 2.25. The van der Waals surface area contributed by atoms with Gasteiger partial charge < -0.3 is 14.2 Å². The molecule has 0 atom stereocenters. The smallest absolute Gasteiger partial charge is 0.339 e. The number of ether oxygens (including phenoxy) is 1. The molecule has 6 nitrogen and oxygen atoms in total. The first kappa shape index (κ1) is 20.8. The zero-order chi connectivity index (χ0) is 20.2. The van der Waals surface area contributed by atoms with Crippen molar-refractivity contribution < 1.29 is 22.1 Å². The van der Waals surface area contributed by atoms with Gasteiger partial charge in [-0.25, -0.2) is 0 Å². The molecule has 0 aromatic heterocycles. The van der Waals surface area contributed by atoms with Gasteiger partial charge in [-0.2, -0.15) is 8.42 Å². The van der Waals surface area contributed by atoms with E-state index in [0.717, 1.165) is 5.56 Å². The van der Waals surface area contributed by atoms with Crippen LogP contribution in [-0.4, -0.2) is 20.9 Å². The maximum absolute atomic E-state index is 12.8. The molecule has 0 bridgehead atoms. The van der Waals surface area contributed by atoms with Crippen LogP contribution in [0.1, 0.15) is 40.2 Å². The van der Waals surface area contributed by atoms with Gasteiger partial charge in [-0.05, 0) is 42.7 Å². The number of anilines is 1. The lowest BCUT2D eigenvalue weighted by atomic mass is 9.86. The van der Waals surface area contributed by atoms with Crippen LogP contribution in [0.3, 0.4) is 0 Å². The molecule has 0 saturated heterocycles. The van der Waals surface area contributed by atoms with E-state index in [1.54, 1.807) is 30.3 Å². The number of hydrogen-bond acceptors (Lipinski definition) is 5. The number of rotatable bonds is 6. The number of para-hydroxylation sites is 2. The van der Waals surface area contributed by atoms with Gasteiger partial charge in [-0.15, -0.1) is 0 Å². The van der Waals surface area contributed by atoms with Crippen molar-refractivity contribution in [1.82, 2.24) is 0 Å². The molecule has 2 rings (SSSR count). The van der Waals surface area contributed by atoms with Gasteiger partial charge in [0.15, 0.2) is 5.75 Å². The minimum absolute atomic E-state index is 0.0218. The van der Waals surface area contributed by atoms with Crippen LogP contribution in [0.2, 0.25) is 0 Å². The van der Waals surface area contributed by atoms with Crippen molar-refractivity contribution in [2.45, 2.75) is 44.9 Å². The van der Waals surface area contributed by atoms with Crippen molar-refractivity contribution in [2.75, 3.05) is 11.9 Å². The molecule has 0 aliphatic carbocycles. The van der Waals surface area contributed by atoms with Crippen LogP contribution in [0.15, 0.2) is 47.4 Å². The monoisotopic (exact) mass is 391 g/mol. The van der Waals surface area contributed by atoms with Crippen LogP contribution in [-0.2, 0) is 20.3 Å². The Morgan fingerprint density at radius 3 is 2.33 bits per heavy atom. The normalized spacial score (nSPS) is 11.7. The van der Waals surface area contributed by atoms with E-state index in [0.29, 0.717) is 12.4 Å². The molecule has 1 N–H and O–H groups in total. The minimum Gasteiger partial charge on any atom is -0.494 e. The first-order chi connectivity index (χ1) is 12.5. The van der Waals surface area contributed by atoms with E-state index >= 15 is 0 Å². The molecule has 1 amide bonds. The summed E-state index contributed by atoms with van der Waals surface area (Å²) in [5.41, 5.74) is 0.740. The van der Waals surface area contributed by atoms with Crippen LogP contribution in [0.4, 0.5) is 5.69 Å². The largest absolute Gasteiger partial charge is 0.494 e. The quantitative estimate of drug-likeness (QED) is 0.750. The van der Waals surface area contributed by atoms with Gasteiger partial charge in [0.05, 0.1) is 12.3 Å². The third-order valence-electron chi connectivity index (χ3n) is 3.74. The number of amides is 1. The summed E-state index contributed by atoms with van der Waals surface area (Å²) in [6.07, 6.45) is 0. The highest BCUT2D eigenvalue weighted by Crippen LogP contribution is 2.34. The summed E-state index contributed by atoms with van der Waals surface area (Å²) in [4.78, 5) is 11.3. The van der Waals surface area contributed by atoms with E-state index in [-0.39, 0.29) is 27.7 Å². The predicted octanol–water partition coefficient (Wildman–Crippen LogP) is 4.11. The second-order valence-corrected chi connectivity index (χ2v) is 8.60.